The van der Waals surface area contributed by atoms with E-state index in [4.69, 9.17) is 9.47 Å². The number of hydrogen-bond acceptors (Lipinski definition) is 5. The molecule has 142 valence electrons. The summed E-state index contributed by atoms with van der Waals surface area (Å²) in [7, 11) is 1.53. The minimum absolute atomic E-state index is 0.0734. The Balaban J connectivity index is 1.87. The van der Waals surface area contributed by atoms with Gasteiger partial charge in [0.25, 0.3) is 5.91 Å². The predicted molar refractivity (Wildman–Crippen MR) is 100 cm³/mol. The molecule has 0 fully saturated rings. The maximum atomic E-state index is 12.1. The van der Waals surface area contributed by atoms with E-state index in [9.17, 15) is 14.4 Å². The van der Waals surface area contributed by atoms with Gasteiger partial charge in [0.2, 0.25) is 5.91 Å². The molecule has 2 aromatic carbocycles. The molecular formula is C20H22N2O5. The largest absolute Gasteiger partial charge is 0.497 e. The Morgan fingerprint density at radius 1 is 1.04 bits per heavy atom. The van der Waals surface area contributed by atoms with Gasteiger partial charge in [0.15, 0.2) is 6.61 Å². The molecule has 0 heterocycles. The van der Waals surface area contributed by atoms with Crippen LogP contribution in [0.4, 0.5) is 5.69 Å². The van der Waals surface area contributed by atoms with E-state index in [2.05, 4.69) is 10.6 Å². The van der Waals surface area contributed by atoms with Gasteiger partial charge in [-0.3, -0.25) is 14.4 Å². The molecule has 2 rings (SSSR count). The molecule has 0 saturated heterocycles. The number of carbonyl (C=O) groups excluding carboxylic acids is 3. The van der Waals surface area contributed by atoms with Crippen molar-refractivity contribution in [2.45, 2.75) is 19.4 Å². The number of esters is 1. The molecule has 2 N–H and O–H groups in total. The Morgan fingerprint density at radius 2 is 1.78 bits per heavy atom. The number of rotatable bonds is 8. The van der Waals surface area contributed by atoms with Gasteiger partial charge in [0, 0.05) is 18.7 Å². The quantitative estimate of drug-likeness (QED) is 0.696. The predicted octanol–water partition coefficient (Wildman–Crippen LogP) is 2.44. The number of benzene rings is 2. The summed E-state index contributed by atoms with van der Waals surface area (Å²) in [6, 6.07) is 15.4. The summed E-state index contributed by atoms with van der Waals surface area (Å²) in [5.74, 6) is -0.705. The minimum Gasteiger partial charge on any atom is -0.497 e. The lowest BCUT2D eigenvalue weighted by Gasteiger charge is -2.17. The number of hydrogen-bond donors (Lipinski definition) is 2. The highest BCUT2D eigenvalue weighted by Crippen LogP contribution is 2.18. The van der Waals surface area contributed by atoms with Crippen LogP contribution in [0.2, 0.25) is 0 Å². The monoisotopic (exact) mass is 370 g/mol. The molecule has 0 radical (unpaired) electrons. The fourth-order valence-electron chi connectivity index (χ4n) is 2.45. The van der Waals surface area contributed by atoms with E-state index in [1.54, 1.807) is 24.3 Å². The van der Waals surface area contributed by atoms with Crippen molar-refractivity contribution in [3.63, 3.8) is 0 Å². The van der Waals surface area contributed by atoms with Gasteiger partial charge < -0.3 is 20.1 Å². The van der Waals surface area contributed by atoms with Crippen LogP contribution in [0.3, 0.4) is 0 Å². The Kier molecular flexibility index (Phi) is 7.37. The summed E-state index contributed by atoms with van der Waals surface area (Å²) in [5.41, 5.74) is 1.32. The van der Waals surface area contributed by atoms with Crippen molar-refractivity contribution in [3.8, 4) is 5.75 Å². The van der Waals surface area contributed by atoms with Crippen LogP contribution in [0.15, 0.2) is 54.6 Å². The molecule has 0 aliphatic rings. The van der Waals surface area contributed by atoms with Crippen molar-refractivity contribution in [3.05, 3.63) is 60.2 Å². The second-order valence-electron chi connectivity index (χ2n) is 5.81. The Bertz CT molecular complexity index is 792. The third-order valence-corrected chi connectivity index (χ3v) is 3.67. The summed E-state index contributed by atoms with van der Waals surface area (Å²) in [4.78, 5) is 35.4. The van der Waals surface area contributed by atoms with Gasteiger partial charge in [-0.1, -0.05) is 36.4 Å². The van der Waals surface area contributed by atoms with Crippen molar-refractivity contribution in [2.75, 3.05) is 19.0 Å². The van der Waals surface area contributed by atoms with E-state index in [0.29, 0.717) is 11.4 Å². The van der Waals surface area contributed by atoms with Crippen LogP contribution in [-0.4, -0.2) is 31.5 Å². The molecule has 2 aromatic rings. The van der Waals surface area contributed by atoms with Gasteiger partial charge in [-0.2, -0.15) is 0 Å². The van der Waals surface area contributed by atoms with Gasteiger partial charge in [-0.15, -0.1) is 0 Å². The first kappa shape index (κ1) is 20.0. The lowest BCUT2D eigenvalue weighted by Crippen LogP contribution is -2.29. The smallest absolute Gasteiger partial charge is 0.308 e. The average molecular weight is 370 g/mol. The number of ether oxygens (including phenoxy) is 2. The molecular weight excluding hydrogens is 348 g/mol. The molecule has 1 atom stereocenters. The molecule has 0 saturated carbocycles. The first-order chi connectivity index (χ1) is 13.0. The van der Waals surface area contributed by atoms with Gasteiger partial charge in [-0.05, 0) is 17.7 Å². The molecule has 7 nitrogen and oxygen atoms in total. The molecule has 2 amide bonds. The van der Waals surface area contributed by atoms with E-state index >= 15 is 0 Å². The number of nitrogens with one attached hydrogen (secondary N) is 2. The third kappa shape index (κ3) is 6.81. The number of amides is 2. The van der Waals surface area contributed by atoms with Crippen LogP contribution in [0.1, 0.15) is 24.9 Å². The van der Waals surface area contributed by atoms with Crippen LogP contribution in [0, 0.1) is 0 Å². The van der Waals surface area contributed by atoms with Crippen LogP contribution in [0.5, 0.6) is 5.75 Å². The normalized spacial score (nSPS) is 11.2. The van der Waals surface area contributed by atoms with E-state index in [1.165, 1.54) is 14.0 Å². The lowest BCUT2D eigenvalue weighted by molar-refractivity contribution is -0.148. The van der Waals surface area contributed by atoms with E-state index in [-0.39, 0.29) is 12.3 Å². The van der Waals surface area contributed by atoms with Gasteiger partial charge >= 0.3 is 5.97 Å². The fraction of sp³-hybridized carbons (Fsp3) is 0.250. The zero-order valence-corrected chi connectivity index (χ0v) is 15.2. The molecule has 27 heavy (non-hydrogen) atoms. The minimum atomic E-state index is -0.585. The zero-order valence-electron chi connectivity index (χ0n) is 15.2. The molecule has 0 aliphatic carbocycles. The molecule has 0 bridgehead atoms. The topological polar surface area (TPSA) is 93.7 Å². The maximum absolute atomic E-state index is 12.1. The second kappa shape index (κ2) is 9.96. The number of methoxy groups -OCH3 is 1. The number of anilines is 1. The third-order valence-electron chi connectivity index (χ3n) is 3.67. The highest BCUT2D eigenvalue weighted by atomic mass is 16.5. The maximum Gasteiger partial charge on any atom is 0.308 e. The molecule has 7 heteroatoms. The van der Waals surface area contributed by atoms with Crippen LogP contribution in [0.25, 0.3) is 0 Å². The summed E-state index contributed by atoms with van der Waals surface area (Å²) in [6.45, 7) is 0.959. The zero-order chi connectivity index (χ0) is 19.6. The van der Waals surface area contributed by atoms with Crippen molar-refractivity contribution in [1.29, 1.82) is 0 Å². The SMILES string of the molecule is COc1cccc(NC(=O)COC(=O)C[C@@H](NC(C)=O)c2ccccc2)c1. The second-order valence-corrected chi connectivity index (χ2v) is 5.81. The van der Waals surface area contributed by atoms with Crippen LogP contribution < -0.4 is 15.4 Å². The van der Waals surface area contributed by atoms with Crippen molar-refractivity contribution >= 4 is 23.5 Å². The van der Waals surface area contributed by atoms with E-state index < -0.39 is 24.5 Å². The summed E-state index contributed by atoms with van der Waals surface area (Å²) < 4.78 is 10.1. The van der Waals surface area contributed by atoms with Gasteiger partial charge in [0.1, 0.15) is 5.75 Å². The van der Waals surface area contributed by atoms with Crippen molar-refractivity contribution in [1.82, 2.24) is 5.32 Å². The van der Waals surface area contributed by atoms with E-state index in [0.717, 1.165) is 5.56 Å². The standard InChI is InChI=1S/C20H22N2O5/c1-14(23)21-18(15-7-4-3-5-8-15)12-20(25)27-13-19(24)22-16-9-6-10-17(11-16)26-2/h3-11,18H,12-13H2,1-2H3,(H,21,23)(H,22,24)/t18-/m1/s1. The molecule has 0 spiro atoms. The van der Waals surface area contributed by atoms with Gasteiger partial charge in [-0.25, -0.2) is 0 Å². The Labute approximate surface area is 157 Å². The first-order valence-corrected chi connectivity index (χ1v) is 8.39. The van der Waals surface area contributed by atoms with Crippen molar-refractivity contribution < 1.29 is 23.9 Å². The Hall–Kier alpha value is -3.35. The lowest BCUT2D eigenvalue weighted by atomic mass is 10.0. The van der Waals surface area contributed by atoms with Crippen molar-refractivity contribution in [2.24, 2.45) is 0 Å². The molecule has 0 aliphatic heterocycles. The van der Waals surface area contributed by atoms with Gasteiger partial charge in [0.05, 0.1) is 19.6 Å². The first-order valence-electron chi connectivity index (χ1n) is 8.39. The summed E-state index contributed by atoms with van der Waals surface area (Å²) in [5, 5.41) is 5.34. The summed E-state index contributed by atoms with van der Waals surface area (Å²) >= 11 is 0. The molecule has 0 aromatic heterocycles. The van der Waals surface area contributed by atoms with Crippen LogP contribution in [-0.2, 0) is 19.1 Å². The number of carbonyl (C=O) groups is 3. The fourth-order valence-corrected chi connectivity index (χ4v) is 2.45. The highest BCUT2D eigenvalue weighted by Gasteiger charge is 2.18. The Morgan fingerprint density at radius 3 is 2.44 bits per heavy atom. The van der Waals surface area contributed by atoms with Crippen LogP contribution >= 0.6 is 0 Å². The molecule has 0 unspecified atom stereocenters. The van der Waals surface area contributed by atoms with E-state index in [1.807, 2.05) is 30.3 Å². The average Bonchev–Trinajstić information content (AvgIpc) is 2.66. The summed E-state index contributed by atoms with van der Waals surface area (Å²) in [6.07, 6.45) is -0.0734. The highest BCUT2D eigenvalue weighted by molar-refractivity contribution is 5.93.